The predicted molar refractivity (Wildman–Crippen MR) is 80.4 cm³/mol. The Morgan fingerprint density at radius 3 is 2.70 bits per heavy atom. The number of hydrogen-bond acceptors (Lipinski definition) is 4. The standard InChI is InChI=1S/C13H21ClN2O3S/c1-10(9-19-3)7-16-20(17,18)12-4-5-13(14)11(6-12)8-15-2/h4-6,10,15-16H,7-9H2,1-3H3. The molecule has 0 radical (unpaired) electrons. The minimum Gasteiger partial charge on any atom is -0.384 e. The van der Waals surface area contributed by atoms with Crippen molar-refractivity contribution in [1.82, 2.24) is 10.0 Å². The fourth-order valence-electron chi connectivity index (χ4n) is 1.72. The Morgan fingerprint density at radius 1 is 1.40 bits per heavy atom. The summed E-state index contributed by atoms with van der Waals surface area (Å²) < 4.78 is 31.9. The lowest BCUT2D eigenvalue weighted by Crippen LogP contribution is -2.30. The number of sulfonamides is 1. The van der Waals surface area contributed by atoms with Gasteiger partial charge < -0.3 is 10.1 Å². The molecule has 0 aromatic heterocycles. The molecule has 0 heterocycles. The van der Waals surface area contributed by atoms with E-state index in [1.807, 2.05) is 6.92 Å². The summed E-state index contributed by atoms with van der Waals surface area (Å²) in [5, 5.41) is 3.50. The molecule has 0 saturated carbocycles. The van der Waals surface area contributed by atoms with Gasteiger partial charge in [0.25, 0.3) is 0 Å². The average molecular weight is 321 g/mol. The Bertz CT molecular complexity index is 534. The molecule has 2 N–H and O–H groups in total. The van der Waals surface area contributed by atoms with Crippen molar-refractivity contribution in [2.75, 3.05) is 27.3 Å². The highest BCUT2D eigenvalue weighted by molar-refractivity contribution is 7.89. The average Bonchev–Trinajstić information content (AvgIpc) is 2.39. The van der Waals surface area contributed by atoms with Gasteiger partial charge in [0.05, 0.1) is 4.90 Å². The van der Waals surface area contributed by atoms with E-state index in [0.717, 1.165) is 5.56 Å². The molecule has 0 aliphatic carbocycles. The zero-order valence-corrected chi connectivity index (χ0v) is 13.5. The Morgan fingerprint density at radius 2 is 2.10 bits per heavy atom. The van der Waals surface area contributed by atoms with Gasteiger partial charge in [-0.3, -0.25) is 0 Å². The SMILES string of the molecule is CNCc1cc(S(=O)(=O)NCC(C)COC)ccc1Cl. The largest absolute Gasteiger partial charge is 0.384 e. The van der Waals surface area contributed by atoms with E-state index in [1.165, 1.54) is 6.07 Å². The third-order valence-corrected chi connectivity index (χ3v) is 4.56. The van der Waals surface area contributed by atoms with Crippen LogP contribution >= 0.6 is 11.6 Å². The van der Waals surface area contributed by atoms with Crippen LogP contribution in [0.3, 0.4) is 0 Å². The highest BCUT2D eigenvalue weighted by atomic mass is 35.5. The van der Waals surface area contributed by atoms with Gasteiger partial charge in [-0.05, 0) is 36.7 Å². The van der Waals surface area contributed by atoms with Crippen LogP contribution in [0.4, 0.5) is 0 Å². The monoisotopic (exact) mass is 320 g/mol. The smallest absolute Gasteiger partial charge is 0.240 e. The lowest BCUT2D eigenvalue weighted by atomic mass is 10.2. The summed E-state index contributed by atoms with van der Waals surface area (Å²) in [4.78, 5) is 0.219. The van der Waals surface area contributed by atoms with E-state index in [1.54, 1.807) is 26.3 Å². The van der Waals surface area contributed by atoms with Crippen LogP contribution in [-0.2, 0) is 21.3 Å². The molecule has 1 aromatic carbocycles. The molecule has 0 bridgehead atoms. The number of hydrogen-bond donors (Lipinski definition) is 2. The highest BCUT2D eigenvalue weighted by Gasteiger charge is 2.16. The fraction of sp³-hybridized carbons (Fsp3) is 0.538. The third kappa shape index (κ3) is 5.03. The van der Waals surface area contributed by atoms with Crippen molar-refractivity contribution in [3.63, 3.8) is 0 Å². The van der Waals surface area contributed by atoms with Crippen molar-refractivity contribution in [2.45, 2.75) is 18.4 Å². The number of ether oxygens (including phenoxy) is 1. The van der Waals surface area contributed by atoms with Crippen molar-refractivity contribution in [3.8, 4) is 0 Å². The zero-order valence-electron chi connectivity index (χ0n) is 11.9. The van der Waals surface area contributed by atoms with E-state index in [-0.39, 0.29) is 10.8 Å². The lowest BCUT2D eigenvalue weighted by molar-refractivity contribution is 0.161. The topological polar surface area (TPSA) is 67.4 Å². The van der Waals surface area contributed by atoms with E-state index in [4.69, 9.17) is 16.3 Å². The second-order valence-corrected chi connectivity index (χ2v) is 6.87. The van der Waals surface area contributed by atoms with Crippen LogP contribution in [0, 0.1) is 5.92 Å². The first-order chi connectivity index (χ1) is 9.40. The Balaban J connectivity index is 2.84. The van der Waals surface area contributed by atoms with Crippen LogP contribution in [0.25, 0.3) is 0 Å². The van der Waals surface area contributed by atoms with Crippen LogP contribution in [0.5, 0.6) is 0 Å². The van der Waals surface area contributed by atoms with Gasteiger partial charge in [-0.2, -0.15) is 0 Å². The minimum absolute atomic E-state index is 0.110. The summed E-state index contributed by atoms with van der Waals surface area (Å²) in [7, 11) is -0.152. The van der Waals surface area contributed by atoms with E-state index >= 15 is 0 Å². The van der Waals surface area contributed by atoms with Gasteiger partial charge >= 0.3 is 0 Å². The number of benzene rings is 1. The van der Waals surface area contributed by atoms with Crippen molar-refractivity contribution in [1.29, 1.82) is 0 Å². The van der Waals surface area contributed by atoms with Crippen molar-refractivity contribution in [3.05, 3.63) is 28.8 Å². The number of methoxy groups -OCH3 is 1. The Hall–Kier alpha value is -0.660. The maximum absolute atomic E-state index is 12.2. The van der Waals surface area contributed by atoms with E-state index in [2.05, 4.69) is 10.0 Å². The molecule has 0 aliphatic rings. The first-order valence-corrected chi connectivity index (χ1v) is 8.18. The summed E-state index contributed by atoms with van der Waals surface area (Å²) in [5.74, 6) is 0.110. The zero-order chi connectivity index (χ0) is 15.2. The number of rotatable bonds is 8. The summed E-state index contributed by atoms with van der Waals surface area (Å²) in [5.41, 5.74) is 0.752. The van der Waals surface area contributed by atoms with Crippen LogP contribution in [-0.4, -0.2) is 35.7 Å². The first-order valence-electron chi connectivity index (χ1n) is 6.32. The molecule has 7 heteroatoms. The summed E-state index contributed by atoms with van der Waals surface area (Å²) in [6.07, 6.45) is 0. The summed E-state index contributed by atoms with van der Waals surface area (Å²) in [6.45, 7) is 3.27. The molecule has 1 unspecified atom stereocenters. The van der Waals surface area contributed by atoms with E-state index in [9.17, 15) is 8.42 Å². The molecular formula is C13H21ClN2O3S. The molecule has 114 valence electrons. The van der Waals surface area contributed by atoms with Crippen molar-refractivity contribution in [2.24, 2.45) is 5.92 Å². The summed E-state index contributed by atoms with van der Waals surface area (Å²) in [6, 6.07) is 4.69. The normalized spacial score (nSPS) is 13.4. The third-order valence-electron chi connectivity index (χ3n) is 2.77. The van der Waals surface area contributed by atoms with E-state index < -0.39 is 10.0 Å². The quantitative estimate of drug-likeness (QED) is 0.764. The first kappa shape index (κ1) is 17.4. The number of halogens is 1. The highest BCUT2D eigenvalue weighted by Crippen LogP contribution is 2.20. The van der Waals surface area contributed by atoms with Gasteiger partial charge in [0.2, 0.25) is 10.0 Å². The molecule has 0 saturated heterocycles. The van der Waals surface area contributed by atoms with Gasteiger partial charge in [-0.25, -0.2) is 13.1 Å². The van der Waals surface area contributed by atoms with Gasteiger partial charge in [0.15, 0.2) is 0 Å². The van der Waals surface area contributed by atoms with Crippen LogP contribution in [0.2, 0.25) is 5.02 Å². The molecular weight excluding hydrogens is 300 g/mol. The molecule has 0 spiro atoms. The molecule has 1 aromatic rings. The molecule has 1 rings (SSSR count). The van der Waals surface area contributed by atoms with Gasteiger partial charge in [-0.1, -0.05) is 18.5 Å². The van der Waals surface area contributed by atoms with Gasteiger partial charge in [-0.15, -0.1) is 0 Å². The maximum Gasteiger partial charge on any atom is 0.240 e. The molecule has 20 heavy (non-hydrogen) atoms. The predicted octanol–water partition coefficient (Wildman–Crippen LogP) is 1.62. The molecule has 0 amide bonds. The fourth-order valence-corrected chi connectivity index (χ4v) is 3.12. The second kappa shape index (κ2) is 7.95. The maximum atomic E-state index is 12.2. The molecule has 1 atom stereocenters. The molecule has 0 fully saturated rings. The number of nitrogens with one attached hydrogen (secondary N) is 2. The van der Waals surface area contributed by atoms with Gasteiger partial charge in [0, 0.05) is 31.8 Å². The molecule has 5 nitrogen and oxygen atoms in total. The van der Waals surface area contributed by atoms with E-state index in [0.29, 0.717) is 24.7 Å². The molecule has 0 aliphatic heterocycles. The Kier molecular flexibility index (Phi) is 6.91. The van der Waals surface area contributed by atoms with Crippen molar-refractivity contribution >= 4 is 21.6 Å². The lowest BCUT2D eigenvalue weighted by Gasteiger charge is -2.13. The van der Waals surface area contributed by atoms with Crippen LogP contribution in [0.1, 0.15) is 12.5 Å². The van der Waals surface area contributed by atoms with Crippen LogP contribution in [0.15, 0.2) is 23.1 Å². The second-order valence-electron chi connectivity index (χ2n) is 4.70. The van der Waals surface area contributed by atoms with Crippen molar-refractivity contribution < 1.29 is 13.2 Å². The van der Waals surface area contributed by atoms with Gasteiger partial charge in [0.1, 0.15) is 0 Å². The Labute approximate surface area is 125 Å². The van der Waals surface area contributed by atoms with Crippen LogP contribution < -0.4 is 10.0 Å². The minimum atomic E-state index is -3.52. The summed E-state index contributed by atoms with van der Waals surface area (Å²) >= 11 is 6.02.